The van der Waals surface area contributed by atoms with Crippen LogP contribution in [-0.4, -0.2) is 25.4 Å². The van der Waals surface area contributed by atoms with E-state index in [4.69, 9.17) is 14.0 Å². The molecule has 0 aromatic heterocycles. The lowest BCUT2D eigenvalue weighted by atomic mass is 9.86. The predicted octanol–water partition coefficient (Wildman–Crippen LogP) is 4.71. The first-order valence-corrected chi connectivity index (χ1v) is 7.93. The van der Waals surface area contributed by atoms with Crippen LogP contribution in [0.4, 0.5) is 4.39 Å². The highest BCUT2D eigenvalue weighted by Crippen LogP contribution is 2.39. The molecule has 0 spiro atoms. The standard InChI is InChI=1S/C16H21BBrFO3/c1-10-7-13(20-6)11(8-12(10)18)9-14(19)17-21-15(2,3)16(4,5)22-17/h7-9H,1-6H3. The smallest absolute Gasteiger partial charge is 0.496 e. The van der Waals surface area contributed by atoms with Gasteiger partial charge in [0.05, 0.1) is 18.3 Å². The van der Waals surface area contributed by atoms with E-state index >= 15 is 0 Å². The highest BCUT2D eigenvalue weighted by Gasteiger charge is 2.53. The molecule has 0 atom stereocenters. The second kappa shape index (κ2) is 5.98. The third kappa shape index (κ3) is 3.24. The molecule has 0 amide bonds. The average molecular weight is 371 g/mol. The van der Waals surface area contributed by atoms with Crippen molar-refractivity contribution in [2.45, 2.75) is 45.8 Å². The summed E-state index contributed by atoms with van der Waals surface area (Å²) in [5.41, 5.74) is 0.0339. The third-order valence-electron chi connectivity index (χ3n) is 4.28. The number of hydrogen-bond acceptors (Lipinski definition) is 3. The topological polar surface area (TPSA) is 27.7 Å². The van der Waals surface area contributed by atoms with E-state index in [0.717, 1.165) is 10.0 Å². The van der Waals surface area contributed by atoms with Crippen LogP contribution >= 0.6 is 15.9 Å². The zero-order valence-electron chi connectivity index (χ0n) is 13.8. The van der Waals surface area contributed by atoms with Gasteiger partial charge in [-0.3, -0.25) is 0 Å². The van der Waals surface area contributed by atoms with E-state index in [0.29, 0.717) is 11.3 Å². The molecule has 0 saturated carbocycles. The lowest BCUT2D eigenvalue weighted by molar-refractivity contribution is 0.00578. The first kappa shape index (κ1) is 17.5. The Hall–Kier alpha value is -0.845. The molecule has 120 valence electrons. The van der Waals surface area contributed by atoms with E-state index in [2.05, 4.69) is 15.9 Å². The summed E-state index contributed by atoms with van der Waals surface area (Å²) in [4.78, 5) is 0. The lowest BCUT2D eigenvalue weighted by Gasteiger charge is -2.32. The number of methoxy groups -OCH3 is 1. The van der Waals surface area contributed by atoms with Crippen molar-refractivity contribution in [2.24, 2.45) is 0 Å². The first-order chi connectivity index (χ1) is 10.1. The number of aryl methyl sites for hydroxylation is 1. The molecule has 0 unspecified atom stereocenters. The molecule has 0 N–H and O–H groups in total. The fourth-order valence-corrected chi connectivity index (χ4v) is 2.49. The third-order valence-corrected chi connectivity index (χ3v) is 5.14. The molecule has 1 aliphatic rings. The molecule has 0 aliphatic carbocycles. The van der Waals surface area contributed by atoms with Crippen molar-refractivity contribution in [1.29, 1.82) is 0 Å². The summed E-state index contributed by atoms with van der Waals surface area (Å²) in [6, 6.07) is 3.67. The van der Waals surface area contributed by atoms with Crippen molar-refractivity contribution in [3.63, 3.8) is 0 Å². The number of hydrogen-bond donors (Lipinski definition) is 0. The molecule has 2 rings (SSSR count). The van der Waals surface area contributed by atoms with Gasteiger partial charge in [-0.2, -0.15) is 0 Å². The van der Waals surface area contributed by atoms with Crippen molar-refractivity contribution in [3.05, 3.63) is 33.5 Å². The van der Waals surface area contributed by atoms with E-state index in [9.17, 15) is 4.39 Å². The summed E-state index contributed by atoms with van der Waals surface area (Å²) in [7, 11) is 0.557. The Kier molecular flexibility index (Phi) is 4.76. The van der Waals surface area contributed by atoms with Crippen LogP contribution in [0.15, 0.2) is 22.3 Å². The van der Waals surface area contributed by atoms with E-state index in [1.54, 1.807) is 7.11 Å². The van der Waals surface area contributed by atoms with Crippen LogP contribution in [0.5, 0.6) is 5.75 Å². The Morgan fingerprint density at radius 1 is 1.23 bits per heavy atom. The van der Waals surface area contributed by atoms with Gasteiger partial charge in [0.25, 0.3) is 0 Å². The molecule has 0 bridgehead atoms. The average Bonchev–Trinajstić information content (AvgIpc) is 2.62. The van der Waals surface area contributed by atoms with Gasteiger partial charge >= 0.3 is 7.12 Å². The monoisotopic (exact) mass is 370 g/mol. The minimum Gasteiger partial charge on any atom is -0.496 e. The molecule has 22 heavy (non-hydrogen) atoms. The number of benzene rings is 1. The van der Waals surface area contributed by atoms with E-state index in [1.165, 1.54) is 6.08 Å². The Morgan fingerprint density at radius 2 is 1.77 bits per heavy atom. The quantitative estimate of drug-likeness (QED) is 0.721. The van der Waals surface area contributed by atoms with Crippen molar-refractivity contribution < 1.29 is 18.4 Å². The summed E-state index contributed by atoms with van der Waals surface area (Å²) in [6.07, 6.45) is 1.39. The fraction of sp³-hybridized carbons (Fsp3) is 0.500. The van der Waals surface area contributed by atoms with Gasteiger partial charge in [0.2, 0.25) is 0 Å². The molecule has 1 aromatic rings. The second-order valence-electron chi connectivity index (χ2n) is 6.46. The molecule has 1 aromatic carbocycles. The molecule has 1 aliphatic heterocycles. The van der Waals surface area contributed by atoms with Crippen LogP contribution in [0.25, 0.3) is 6.08 Å². The summed E-state index contributed by atoms with van der Waals surface area (Å²) in [5.74, 6) is 0.604. The van der Waals surface area contributed by atoms with Gasteiger partial charge in [-0.1, -0.05) is 15.9 Å². The van der Waals surface area contributed by atoms with E-state index in [1.807, 2.05) is 46.8 Å². The van der Waals surface area contributed by atoms with Crippen molar-refractivity contribution in [2.75, 3.05) is 7.11 Å². The molecular weight excluding hydrogens is 350 g/mol. The van der Waals surface area contributed by atoms with Gasteiger partial charge in [-0.05, 0) is 58.4 Å². The molecule has 6 heteroatoms. The van der Waals surface area contributed by atoms with Gasteiger partial charge < -0.3 is 14.0 Å². The van der Waals surface area contributed by atoms with Crippen molar-refractivity contribution >= 4 is 29.1 Å². The molecule has 1 saturated heterocycles. The minimum atomic E-state index is -1.00. The van der Waals surface area contributed by atoms with Gasteiger partial charge in [-0.15, -0.1) is 0 Å². The number of halogens is 2. The molecule has 1 heterocycles. The van der Waals surface area contributed by atoms with E-state index < -0.39 is 24.0 Å². The van der Waals surface area contributed by atoms with Crippen LogP contribution in [-0.2, 0) is 9.31 Å². The Morgan fingerprint density at radius 3 is 2.27 bits per heavy atom. The molecule has 1 fully saturated rings. The van der Waals surface area contributed by atoms with Crippen molar-refractivity contribution in [1.82, 2.24) is 0 Å². The summed E-state index contributed by atoms with van der Waals surface area (Å²) in [5, 5.41) is 0. The Bertz CT molecular complexity index is 598. The Labute approximate surface area is 140 Å². The highest BCUT2D eigenvalue weighted by molar-refractivity contribution is 9.10. The maximum absolute atomic E-state index is 14.6. The summed E-state index contributed by atoms with van der Waals surface area (Å²) >= 11 is 3.45. The number of ether oxygens (including phenoxy) is 1. The van der Waals surface area contributed by atoms with Crippen LogP contribution in [0.2, 0.25) is 0 Å². The summed E-state index contributed by atoms with van der Waals surface area (Å²) in [6.45, 7) is 9.52. The lowest BCUT2D eigenvalue weighted by Crippen LogP contribution is -2.41. The van der Waals surface area contributed by atoms with Gasteiger partial charge in [0.15, 0.2) is 0 Å². The van der Waals surface area contributed by atoms with Gasteiger partial charge in [0.1, 0.15) is 11.5 Å². The van der Waals surface area contributed by atoms with Gasteiger partial charge in [-0.25, -0.2) is 4.39 Å². The molecular formula is C16H21BBrFO3. The highest BCUT2D eigenvalue weighted by atomic mass is 79.9. The first-order valence-electron chi connectivity index (χ1n) is 7.14. The predicted molar refractivity (Wildman–Crippen MR) is 90.6 cm³/mol. The largest absolute Gasteiger partial charge is 0.525 e. The zero-order valence-corrected chi connectivity index (χ0v) is 15.4. The molecule has 0 radical (unpaired) electrons. The van der Waals surface area contributed by atoms with Crippen LogP contribution in [0.3, 0.4) is 0 Å². The summed E-state index contributed by atoms with van der Waals surface area (Å²) < 4.78 is 32.2. The fourth-order valence-electron chi connectivity index (χ4n) is 2.13. The zero-order chi connectivity index (χ0) is 16.7. The molecule has 3 nitrogen and oxygen atoms in total. The Balaban J connectivity index is 2.33. The van der Waals surface area contributed by atoms with Crippen LogP contribution in [0.1, 0.15) is 38.8 Å². The maximum atomic E-state index is 14.6. The van der Waals surface area contributed by atoms with Gasteiger partial charge in [0, 0.05) is 10.0 Å². The van der Waals surface area contributed by atoms with E-state index in [-0.39, 0.29) is 0 Å². The van der Waals surface area contributed by atoms with Crippen molar-refractivity contribution in [3.8, 4) is 5.75 Å². The minimum absolute atomic E-state index is 0.479. The number of rotatable bonds is 3. The SMILES string of the molecule is COc1cc(C)c(Br)cc1C=C(F)B1OC(C)(C)C(C)(C)O1. The second-order valence-corrected chi connectivity index (χ2v) is 7.32. The normalized spacial score (nSPS) is 20.4. The van der Waals surface area contributed by atoms with Crippen LogP contribution in [0, 0.1) is 6.92 Å². The van der Waals surface area contributed by atoms with Crippen LogP contribution < -0.4 is 4.74 Å². The maximum Gasteiger partial charge on any atom is 0.525 e.